The van der Waals surface area contributed by atoms with Crippen LogP contribution in [-0.2, 0) is 20.0 Å². The topological polar surface area (TPSA) is 52.6 Å². The number of carbonyl (C=O) groups excluding carboxylic acids is 1. The molecule has 27 heavy (non-hydrogen) atoms. The van der Waals surface area contributed by atoms with Gasteiger partial charge in [0.25, 0.3) is 0 Å². The van der Waals surface area contributed by atoms with E-state index in [1.807, 2.05) is 12.1 Å². The van der Waals surface area contributed by atoms with Crippen LogP contribution in [0.2, 0.25) is 10.0 Å². The second-order valence-corrected chi connectivity index (χ2v) is 8.95. The molecule has 0 bridgehead atoms. The molecular formula is C20H23Cl2O4P. The molecule has 0 saturated carbocycles. The van der Waals surface area contributed by atoms with E-state index in [9.17, 15) is 9.36 Å². The average molecular weight is 429 g/mol. The van der Waals surface area contributed by atoms with Crippen molar-refractivity contribution in [3.8, 4) is 0 Å². The van der Waals surface area contributed by atoms with Crippen LogP contribution in [0.4, 0.5) is 0 Å². The Bertz CT molecular complexity index is 811. The van der Waals surface area contributed by atoms with Crippen LogP contribution in [0.3, 0.4) is 0 Å². The third-order valence-corrected chi connectivity index (χ3v) is 6.67. The minimum atomic E-state index is -3.01. The molecule has 7 heteroatoms. The van der Waals surface area contributed by atoms with Gasteiger partial charge in [-0.3, -0.25) is 9.36 Å². The fourth-order valence-corrected chi connectivity index (χ4v) is 4.73. The first-order valence-electron chi connectivity index (χ1n) is 8.85. The van der Waals surface area contributed by atoms with Crippen LogP contribution in [0.5, 0.6) is 0 Å². The lowest BCUT2D eigenvalue weighted by Gasteiger charge is -2.16. The van der Waals surface area contributed by atoms with Gasteiger partial charge in [0.1, 0.15) is 0 Å². The van der Waals surface area contributed by atoms with Crippen LogP contribution in [-0.4, -0.2) is 25.2 Å². The molecule has 0 aliphatic heterocycles. The van der Waals surface area contributed by atoms with Crippen LogP contribution >= 0.6 is 30.8 Å². The van der Waals surface area contributed by atoms with Gasteiger partial charge in [-0.2, -0.15) is 0 Å². The van der Waals surface area contributed by atoms with Crippen molar-refractivity contribution >= 4 is 36.6 Å². The largest absolute Gasteiger partial charge is 0.330 e. The van der Waals surface area contributed by atoms with Crippen molar-refractivity contribution in [2.24, 2.45) is 0 Å². The third kappa shape index (κ3) is 6.44. The smallest absolute Gasteiger partial charge is 0.309 e. The van der Waals surface area contributed by atoms with Crippen molar-refractivity contribution in [1.82, 2.24) is 0 Å². The van der Waals surface area contributed by atoms with E-state index in [0.717, 1.165) is 12.0 Å². The highest BCUT2D eigenvalue weighted by molar-refractivity contribution is 7.53. The monoisotopic (exact) mass is 428 g/mol. The fraction of sp³-hybridized carbons (Fsp3) is 0.350. The molecule has 0 N–H and O–H groups in total. The summed E-state index contributed by atoms with van der Waals surface area (Å²) in [4.78, 5) is 12.6. The summed E-state index contributed by atoms with van der Waals surface area (Å²) in [7, 11) is -3.01. The summed E-state index contributed by atoms with van der Waals surface area (Å²) in [6, 6.07) is 12.1. The van der Waals surface area contributed by atoms with Crippen molar-refractivity contribution in [2.45, 2.75) is 26.7 Å². The van der Waals surface area contributed by atoms with Gasteiger partial charge in [-0.25, -0.2) is 0 Å². The molecule has 0 atom stereocenters. The zero-order valence-corrected chi connectivity index (χ0v) is 17.8. The van der Waals surface area contributed by atoms with Crippen LogP contribution in [0.15, 0.2) is 42.5 Å². The molecule has 4 nitrogen and oxygen atoms in total. The van der Waals surface area contributed by atoms with E-state index in [-0.39, 0.29) is 5.78 Å². The number of ketones is 1. The molecule has 0 aromatic heterocycles. The van der Waals surface area contributed by atoms with E-state index in [1.165, 1.54) is 0 Å². The predicted octanol–water partition coefficient (Wildman–Crippen LogP) is 6.42. The lowest BCUT2D eigenvalue weighted by molar-refractivity contribution is 0.103. The SMILES string of the molecule is CCOP(=O)(CCCc1ccc(C(=O)c2cc(Cl)ccc2Cl)cc1)OCC. The molecule has 0 saturated heterocycles. The maximum atomic E-state index is 12.6. The minimum Gasteiger partial charge on any atom is -0.309 e. The lowest BCUT2D eigenvalue weighted by atomic mass is 10.0. The molecule has 2 rings (SSSR count). The van der Waals surface area contributed by atoms with Gasteiger partial charge in [-0.1, -0.05) is 47.5 Å². The lowest BCUT2D eigenvalue weighted by Crippen LogP contribution is -2.03. The van der Waals surface area contributed by atoms with E-state index in [4.69, 9.17) is 32.2 Å². The Balaban J connectivity index is 2.00. The first-order chi connectivity index (χ1) is 12.9. The van der Waals surface area contributed by atoms with E-state index < -0.39 is 7.60 Å². The highest BCUT2D eigenvalue weighted by Crippen LogP contribution is 2.48. The highest BCUT2D eigenvalue weighted by atomic mass is 35.5. The van der Waals surface area contributed by atoms with E-state index >= 15 is 0 Å². The van der Waals surface area contributed by atoms with Gasteiger partial charge in [0.05, 0.1) is 24.4 Å². The Hall–Kier alpha value is -1.16. The Kier molecular flexibility index (Phi) is 8.53. The first-order valence-corrected chi connectivity index (χ1v) is 11.3. The number of hydrogen-bond donors (Lipinski definition) is 0. The molecule has 2 aromatic carbocycles. The van der Waals surface area contributed by atoms with Gasteiger partial charge >= 0.3 is 7.60 Å². The molecule has 2 aromatic rings. The van der Waals surface area contributed by atoms with Gasteiger partial charge in [0, 0.05) is 16.1 Å². The van der Waals surface area contributed by atoms with Crippen LogP contribution in [0.1, 0.15) is 41.8 Å². The molecule has 0 fully saturated rings. The number of benzene rings is 2. The van der Waals surface area contributed by atoms with Gasteiger partial charge in [0.2, 0.25) is 0 Å². The molecule has 0 heterocycles. The molecule has 0 aliphatic carbocycles. The number of halogens is 2. The molecule has 146 valence electrons. The predicted molar refractivity (Wildman–Crippen MR) is 110 cm³/mol. The zero-order valence-electron chi connectivity index (χ0n) is 15.4. The fourth-order valence-electron chi connectivity index (χ4n) is 2.69. The molecule has 0 unspecified atom stereocenters. The van der Waals surface area contributed by atoms with Crippen molar-refractivity contribution in [1.29, 1.82) is 0 Å². The van der Waals surface area contributed by atoms with Crippen molar-refractivity contribution in [3.05, 3.63) is 69.2 Å². The van der Waals surface area contributed by atoms with E-state index in [1.54, 1.807) is 44.2 Å². The molecule has 0 aliphatic rings. The Morgan fingerprint density at radius 3 is 2.22 bits per heavy atom. The second-order valence-electron chi connectivity index (χ2n) is 5.92. The summed E-state index contributed by atoms with van der Waals surface area (Å²) in [6.45, 7) is 4.32. The second kappa shape index (κ2) is 10.4. The minimum absolute atomic E-state index is 0.175. The molecular weight excluding hydrogens is 406 g/mol. The Morgan fingerprint density at radius 1 is 1.00 bits per heavy atom. The molecule has 0 radical (unpaired) electrons. The Labute approximate surface area is 170 Å². The normalized spacial score (nSPS) is 11.6. The number of aryl methyl sites for hydroxylation is 1. The maximum absolute atomic E-state index is 12.6. The zero-order chi connectivity index (χ0) is 19.9. The standard InChI is InChI=1S/C20H23Cl2O4P/c1-3-25-27(24,26-4-2)13-5-6-15-7-9-16(10-8-15)20(23)18-14-17(21)11-12-19(18)22/h7-12,14H,3-6,13H2,1-2H3. The van der Waals surface area contributed by atoms with Crippen LogP contribution in [0, 0.1) is 0 Å². The molecule has 0 spiro atoms. The van der Waals surface area contributed by atoms with Gasteiger partial charge in [0.15, 0.2) is 5.78 Å². The van der Waals surface area contributed by atoms with E-state index in [0.29, 0.717) is 47.0 Å². The summed E-state index contributed by atoms with van der Waals surface area (Å²) in [5.74, 6) is -0.175. The summed E-state index contributed by atoms with van der Waals surface area (Å²) >= 11 is 12.1. The van der Waals surface area contributed by atoms with Crippen LogP contribution < -0.4 is 0 Å². The average Bonchev–Trinajstić information content (AvgIpc) is 2.64. The van der Waals surface area contributed by atoms with Crippen LogP contribution in [0.25, 0.3) is 0 Å². The number of carbonyl (C=O) groups is 1. The number of hydrogen-bond acceptors (Lipinski definition) is 4. The molecule has 0 amide bonds. The van der Waals surface area contributed by atoms with Gasteiger partial charge in [-0.15, -0.1) is 0 Å². The van der Waals surface area contributed by atoms with Gasteiger partial charge in [-0.05, 0) is 50.5 Å². The van der Waals surface area contributed by atoms with Crippen molar-refractivity contribution < 1.29 is 18.4 Å². The van der Waals surface area contributed by atoms with Gasteiger partial charge < -0.3 is 9.05 Å². The summed E-state index contributed by atoms with van der Waals surface area (Å²) in [5, 5.41) is 0.837. The Morgan fingerprint density at radius 2 is 1.63 bits per heavy atom. The third-order valence-electron chi connectivity index (χ3n) is 3.94. The number of rotatable bonds is 10. The van der Waals surface area contributed by atoms with Crippen molar-refractivity contribution in [2.75, 3.05) is 19.4 Å². The van der Waals surface area contributed by atoms with E-state index in [2.05, 4.69) is 0 Å². The quantitative estimate of drug-likeness (QED) is 0.323. The summed E-state index contributed by atoms with van der Waals surface area (Å²) in [5.41, 5.74) is 1.96. The van der Waals surface area contributed by atoms with Crippen molar-refractivity contribution in [3.63, 3.8) is 0 Å². The summed E-state index contributed by atoms with van der Waals surface area (Å²) in [6.07, 6.45) is 1.76. The maximum Gasteiger partial charge on any atom is 0.330 e. The first kappa shape index (κ1) is 22.1. The highest BCUT2D eigenvalue weighted by Gasteiger charge is 2.22. The summed E-state index contributed by atoms with van der Waals surface area (Å²) < 4.78 is 23.0.